The van der Waals surface area contributed by atoms with Gasteiger partial charge in [0.05, 0.1) is 23.7 Å². The van der Waals surface area contributed by atoms with Gasteiger partial charge in [0.2, 0.25) is 11.8 Å². The highest BCUT2D eigenvalue weighted by molar-refractivity contribution is 6.21. The van der Waals surface area contributed by atoms with Crippen molar-refractivity contribution in [1.82, 2.24) is 14.7 Å². The Labute approximate surface area is 210 Å². The maximum Gasteiger partial charge on any atom is 0.261 e. The lowest BCUT2D eigenvalue weighted by Gasteiger charge is -2.42. The first-order valence-electron chi connectivity index (χ1n) is 12.6. The summed E-state index contributed by atoms with van der Waals surface area (Å²) in [6.45, 7) is 0.337. The Balaban J connectivity index is 1.51. The lowest BCUT2D eigenvalue weighted by molar-refractivity contribution is -0.149. The van der Waals surface area contributed by atoms with Crippen LogP contribution in [0, 0.1) is 11.8 Å². The molecule has 2 aliphatic heterocycles. The molecule has 1 N–H and O–H groups in total. The molecule has 3 aliphatic rings. The molecule has 1 unspecified atom stereocenters. The van der Waals surface area contributed by atoms with Crippen molar-refractivity contribution in [3.63, 3.8) is 0 Å². The van der Waals surface area contributed by atoms with E-state index in [4.69, 9.17) is 0 Å². The molecule has 2 aromatic rings. The van der Waals surface area contributed by atoms with Gasteiger partial charge in [-0.25, -0.2) is 0 Å². The summed E-state index contributed by atoms with van der Waals surface area (Å²) in [5.41, 5.74) is 2.15. The smallest absolute Gasteiger partial charge is 0.261 e. The molecular weight excluding hydrogens is 458 g/mol. The fourth-order valence-electron chi connectivity index (χ4n) is 6.05. The molecule has 0 radical (unpaired) electrons. The number of carbonyl (C=O) groups excluding carboxylic acids is 4. The van der Waals surface area contributed by atoms with Gasteiger partial charge in [-0.3, -0.25) is 24.1 Å². The lowest BCUT2D eigenvalue weighted by Crippen LogP contribution is -2.51. The number of phenols is 1. The van der Waals surface area contributed by atoms with Gasteiger partial charge in [-0.15, -0.1) is 0 Å². The first kappa shape index (κ1) is 24.0. The Kier molecular flexibility index (Phi) is 6.28. The van der Waals surface area contributed by atoms with E-state index in [0.717, 1.165) is 18.4 Å². The van der Waals surface area contributed by atoms with Gasteiger partial charge in [0.25, 0.3) is 11.8 Å². The molecule has 2 heterocycles. The van der Waals surface area contributed by atoms with E-state index in [1.54, 1.807) is 60.3 Å². The minimum atomic E-state index is -0.693. The summed E-state index contributed by atoms with van der Waals surface area (Å²) in [4.78, 5) is 57.7. The fraction of sp³-hybridized carbons (Fsp3) is 0.429. The first-order valence-corrected chi connectivity index (χ1v) is 12.6. The molecule has 0 aromatic heterocycles. The Morgan fingerprint density at radius 2 is 1.58 bits per heavy atom. The van der Waals surface area contributed by atoms with Crippen LogP contribution in [0.3, 0.4) is 0 Å². The molecule has 2 aromatic carbocycles. The summed E-state index contributed by atoms with van der Waals surface area (Å²) >= 11 is 0. The van der Waals surface area contributed by atoms with Crippen molar-refractivity contribution < 1.29 is 24.3 Å². The predicted octanol–water partition coefficient (Wildman–Crippen LogP) is 3.01. The average molecular weight is 490 g/mol. The molecule has 188 valence electrons. The number of imide groups is 1. The van der Waals surface area contributed by atoms with E-state index in [0.29, 0.717) is 42.5 Å². The number of nitrogens with zero attached hydrogens (tertiary/aromatic N) is 3. The molecule has 1 aliphatic carbocycles. The summed E-state index contributed by atoms with van der Waals surface area (Å²) in [5.74, 6) is -1.82. The fourth-order valence-corrected chi connectivity index (χ4v) is 6.05. The van der Waals surface area contributed by atoms with E-state index < -0.39 is 29.7 Å². The average Bonchev–Trinajstić information content (AvgIpc) is 3.13. The number of amides is 4. The summed E-state index contributed by atoms with van der Waals surface area (Å²) in [6, 6.07) is 11.2. The molecule has 8 nitrogen and oxygen atoms in total. The van der Waals surface area contributed by atoms with Crippen LogP contribution in [0.1, 0.15) is 63.6 Å². The zero-order valence-corrected chi connectivity index (χ0v) is 20.6. The van der Waals surface area contributed by atoms with Crippen molar-refractivity contribution in [3.05, 3.63) is 64.7 Å². The summed E-state index contributed by atoms with van der Waals surface area (Å²) in [6.07, 6.45) is 3.59. The van der Waals surface area contributed by atoms with Crippen LogP contribution in [-0.2, 0) is 16.0 Å². The van der Waals surface area contributed by atoms with Crippen molar-refractivity contribution in [2.45, 2.75) is 38.1 Å². The Morgan fingerprint density at radius 1 is 0.944 bits per heavy atom. The number of fused-ring (bicyclic) bond motifs is 2. The van der Waals surface area contributed by atoms with Crippen LogP contribution in [0.4, 0.5) is 0 Å². The van der Waals surface area contributed by atoms with Gasteiger partial charge < -0.3 is 14.9 Å². The minimum Gasteiger partial charge on any atom is -0.508 e. The number of hydrogen-bond donors (Lipinski definition) is 1. The molecule has 1 saturated carbocycles. The van der Waals surface area contributed by atoms with E-state index in [-0.39, 0.29) is 24.1 Å². The zero-order chi connectivity index (χ0) is 25.6. The van der Waals surface area contributed by atoms with Crippen LogP contribution < -0.4 is 0 Å². The standard InChI is InChI=1S/C28H31N3O5/c1-29(2)25(33)18-9-3-4-10-19(18)26(34)30-15-14-17-8-7-13-23(32)24(17)22(30)16-31-27(35)20-11-5-6-12-21(20)28(31)36/h5-8,11-13,18-19,22,32H,3-4,9-10,14-16H2,1-2H3/t18-,19+,22?/m0/s1. The van der Waals surface area contributed by atoms with E-state index in [2.05, 4.69) is 0 Å². The van der Waals surface area contributed by atoms with Crippen LogP contribution in [0.2, 0.25) is 0 Å². The topological polar surface area (TPSA) is 98.2 Å². The van der Waals surface area contributed by atoms with E-state index in [1.807, 2.05) is 6.07 Å². The second-order valence-corrected chi connectivity index (χ2v) is 10.1. The summed E-state index contributed by atoms with van der Waals surface area (Å²) in [5, 5.41) is 10.8. The van der Waals surface area contributed by atoms with Crippen LogP contribution in [-0.4, -0.2) is 70.6 Å². The number of hydrogen-bond acceptors (Lipinski definition) is 5. The number of benzene rings is 2. The van der Waals surface area contributed by atoms with Crippen LogP contribution in [0.25, 0.3) is 0 Å². The van der Waals surface area contributed by atoms with Crippen LogP contribution in [0.5, 0.6) is 5.75 Å². The first-order chi connectivity index (χ1) is 17.3. The third kappa shape index (κ3) is 3.94. The van der Waals surface area contributed by atoms with Gasteiger partial charge in [-0.1, -0.05) is 37.1 Å². The molecule has 1 fully saturated rings. The highest BCUT2D eigenvalue weighted by Crippen LogP contribution is 2.41. The second kappa shape index (κ2) is 9.41. The second-order valence-electron chi connectivity index (χ2n) is 10.1. The number of aromatic hydroxyl groups is 1. The van der Waals surface area contributed by atoms with Crippen molar-refractivity contribution in [1.29, 1.82) is 0 Å². The summed E-state index contributed by atoms with van der Waals surface area (Å²) < 4.78 is 0. The van der Waals surface area contributed by atoms with Crippen molar-refractivity contribution in [2.75, 3.05) is 27.2 Å². The molecule has 0 spiro atoms. The van der Waals surface area contributed by atoms with Gasteiger partial charge in [0.1, 0.15) is 5.75 Å². The van der Waals surface area contributed by atoms with Gasteiger partial charge in [-0.05, 0) is 43.0 Å². The summed E-state index contributed by atoms with van der Waals surface area (Å²) in [7, 11) is 3.41. The normalized spacial score (nSPS) is 23.3. The van der Waals surface area contributed by atoms with Crippen LogP contribution >= 0.6 is 0 Å². The highest BCUT2D eigenvalue weighted by atomic mass is 16.3. The lowest BCUT2D eigenvalue weighted by atomic mass is 9.77. The molecule has 3 atom stereocenters. The number of phenolic OH excluding ortho intramolecular Hbond substituents is 1. The van der Waals surface area contributed by atoms with E-state index >= 15 is 0 Å². The maximum absolute atomic E-state index is 14.1. The third-order valence-electron chi connectivity index (χ3n) is 7.86. The molecule has 4 amide bonds. The molecule has 8 heteroatoms. The van der Waals surface area contributed by atoms with Gasteiger partial charge >= 0.3 is 0 Å². The van der Waals surface area contributed by atoms with Gasteiger partial charge in [0, 0.05) is 38.0 Å². The van der Waals surface area contributed by atoms with Gasteiger partial charge in [-0.2, -0.15) is 0 Å². The molecule has 0 bridgehead atoms. The Morgan fingerprint density at radius 3 is 2.22 bits per heavy atom. The molecular formula is C28H31N3O5. The Bertz CT molecular complexity index is 1200. The number of rotatable bonds is 4. The zero-order valence-electron chi connectivity index (χ0n) is 20.6. The maximum atomic E-state index is 14.1. The molecule has 5 rings (SSSR count). The SMILES string of the molecule is CN(C)C(=O)[C@H]1CCCC[C@H]1C(=O)N1CCc2cccc(O)c2C1CN1C(=O)c2ccccc2C1=O. The van der Waals surface area contributed by atoms with Crippen molar-refractivity contribution >= 4 is 23.6 Å². The Hall–Kier alpha value is -3.68. The molecule has 0 saturated heterocycles. The highest BCUT2D eigenvalue weighted by Gasteiger charge is 2.45. The third-order valence-corrected chi connectivity index (χ3v) is 7.86. The largest absolute Gasteiger partial charge is 0.508 e. The minimum absolute atomic E-state index is 0.0381. The molecule has 36 heavy (non-hydrogen) atoms. The van der Waals surface area contributed by atoms with Crippen molar-refractivity contribution in [2.24, 2.45) is 11.8 Å². The number of carbonyl (C=O) groups is 4. The predicted molar refractivity (Wildman–Crippen MR) is 132 cm³/mol. The quantitative estimate of drug-likeness (QED) is 0.666. The van der Waals surface area contributed by atoms with E-state index in [1.165, 1.54) is 4.90 Å². The van der Waals surface area contributed by atoms with Gasteiger partial charge in [0.15, 0.2) is 0 Å². The monoisotopic (exact) mass is 489 g/mol. The van der Waals surface area contributed by atoms with E-state index in [9.17, 15) is 24.3 Å². The van der Waals surface area contributed by atoms with Crippen LogP contribution in [0.15, 0.2) is 42.5 Å². The van der Waals surface area contributed by atoms with Crippen molar-refractivity contribution in [3.8, 4) is 5.75 Å².